The Labute approximate surface area is 152 Å². The van der Waals surface area contributed by atoms with Crippen LogP contribution in [-0.4, -0.2) is 5.91 Å². The molecule has 0 aliphatic rings. The molecule has 126 valence electrons. The third-order valence-corrected chi connectivity index (χ3v) is 4.93. The number of hydrogen-bond acceptors (Lipinski definition) is 3. The lowest BCUT2D eigenvalue weighted by Gasteiger charge is -2.08. The predicted octanol–water partition coefficient (Wildman–Crippen LogP) is 5.12. The van der Waals surface area contributed by atoms with Gasteiger partial charge in [0.2, 0.25) is 0 Å². The maximum Gasteiger partial charge on any atom is 0.255 e. The number of carbonyl (C=O) groups excluding carboxylic acids is 1. The van der Waals surface area contributed by atoms with Crippen LogP contribution in [0, 0.1) is 6.92 Å². The molecule has 3 N–H and O–H groups in total. The Bertz CT molecular complexity index is 858. The van der Waals surface area contributed by atoms with E-state index in [0.717, 1.165) is 5.75 Å². The number of nitrogen functional groups attached to an aromatic ring is 1. The van der Waals surface area contributed by atoms with E-state index in [1.54, 1.807) is 23.9 Å². The first-order chi connectivity index (χ1) is 12.1. The van der Waals surface area contributed by atoms with Gasteiger partial charge in [-0.1, -0.05) is 42.0 Å². The van der Waals surface area contributed by atoms with Crippen molar-refractivity contribution in [1.82, 2.24) is 0 Å². The molecule has 3 aromatic carbocycles. The normalized spacial score (nSPS) is 10.4. The zero-order valence-corrected chi connectivity index (χ0v) is 14.8. The van der Waals surface area contributed by atoms with Crippen molar-refractivity contribution in [2.24, 2.45) is 0 Å². The molecule has 0 fully saturated rings. The van der Waals surface area contributed by atoms with Crippen LogP contribution in [0.5, 0.6) is 0 Å². The molecule has 0 saturated carbocycles. The summed E-state index contributed by atoms with van der Waals surface area (Å²) in [6, 6.07) is 23.4. The van der Waals surface area contributed by atoms with Crippen LogP contribution in [0.25, 0.3) is 0 Å². The van der Waals surface area contributed by atoms with E-state index in [2.05, 4.69) is 36.5 Å². The van der Waals surface area contributed by atoms with E-state index in [4.69, 9.17) is 5.73 Å². The smallest absolute Gasteiger partial charge is 0.255 e. The van der Waals surface area contributed by atoms with Gasteiger partial charge in [0.1, 0.15) is 0 Å². The van der Waals surface area contributed by atoms with Crippen molar-refractivity contribution in [2.75, 3.05) is 11.1 Å². The van der Waals surface area contributed by atoms with E-state index >= 15 is 0 Å². The van der Waals surface area contributed by atoms with Gasteiger partial charge in [-0.15, -0.1) is 11.8 Å². The minimum atomic E-state index is -0.157. The van der Waals surface area contributed by atoms with Crippen LogP contribution in [0.15, 0.2) is 77.7 Å². The van der Waals surface area contributed by atoms with E-state index in [9.17, 15) is 4.79 Å². The van der Waals surface area contributed by atoms with Crippen LogP contribution in [0.2, 0.25) is 0 Å². The molecule has 3 nitrogen and oxygen atoms in total. The van der Waals surface area contributed by atoms with E-state index in [1.807, 2.05) is 36.4 Å². The number of benzene rings is 3. The lowest BCUT2D eigenvalue weighted by atomic mass is 10.1. The summed E-state index contributed by atoms with van der Waals surface area (Å²) in [6.45, 7) is 2.08. The first-order valence-corrected chi connectivity index (χ1v) is 9.04. The standard InChI is InChI=1S/C21H20N2OS/c1-15-6-12-18(13-7-15)25-14-16-8-10-17(11-9-16)21(24)23-20-5-3-2-4-19(20)22/h2-13H,14,22H2,1H3,(H,23,24). The van der Waals surface area contributed by atoms with Crippen molar-refractivity contribution in [1.29, 1.82) is 0 Å². The van der Waals surface area contributed by atoms with Crippen molar-refractivity contribution >= 4 is 29.0 Å². The van der Waals surface area contributed by atoms with Crippen LogP contribution in [-0.2, 0) is 5.75 Å². The highest BCUT2D eigenvalue weighted by Crippen LogP contribution is 2.23. The second kappa shape index (κ2) is 7.90. The number of carbonyl (C=O) groups is 1. The number of rotatable bonds is 5. The number of amides is 1. The number of aryl methyl sites for hydroxylation is 1. The summed E-state index contributed by atoms with van der Waals surface area (Å²) in [7, 11) is 0. The van der Waals surface area contributed by atoms with Crippen LogP contribution in [0.1, 0.15) is 21.5 Å². The average Bonchev–Trinajstić information content (AvgIpc) is 2.63. The van der Waals surface area contributed by atoms with Crippen LogP contribution < -0.4 is 11.1 Å². The zero-order valence-electron chi connectivity index (χ0n) is 14.0. The third-order valence-electron chi connectivity index (χ3n) is 3.85. The molecule has 0 aliphatic heterocycles. The Morgan fingerprint density at radius 1 is 0.960 bits per heavy atom. The fourth-order valence-corrected chi connectivity index (χ4v) is 3.21. The van der Waals surface area contributed by atoms with E-state index in [0.29, 0.717) is 16.9 Å². The van der Waals surface area contributed by atoms with Gasteiger partial charge in [-0.3, -0.25) is 4.79 Å². The van der Waals surface area contributed by atoms with E-state index < -0.39 is 0 Å². The topological polar surface area (TPSA) is 55.1 Å². The predicted molar refractivity (Wildman–Crippen MR) is 106 cm³/mol. The molecule has 0 radical (unpaired) electrons. The molecule has 0 unspecified atom stereocenters. The highest BCUT2D eigenvalue weighted by Gasteiger charge is 2.07. The maximum absolute atomic E-state index is 12.3. The number of nitrogens with one attached hydrogen (secondary N) is 1. The lowest BCUT2D eigenvalue weighted by Crippen LogP contribution is -2.13. The summed E-state index contributed by atoms with van der Waals surface area (Å²) in [4.78, 5) is 13.6. The number of thioether (sulfide) groups is 1. The van der Waals surface area contributed by atoms with Gasteiger partial charge >= 0.3 is 0 Å². The quantitative estimate of drug-likeness (QED) is 0.497. The maximum atomic E-state index is 12.3. The molecule has 1 amide bonds. The Morgan fingerprint density at radius 2 is 1.64 bits per heavy atom. The van der Waals surface area contributed by atoms with Crippen LogP contribution >= 0.6 is 11.8 Å². The third kappa shape index (κ3) is 4.64. The molecule has 0 atom stereocenters. The van der Waals surface area contributed by atoms with Gasteiger partial charge < -0.3 is 11.1 Å². The Kier molecular flexibility index (Phi) is 5.41. The van der Waals surface area contributed by atoms with Crippen molar-refractivity contribution in [3.05, 3.63) is 89.5 Å². The van der Waals surface area contributed by atoms with Crippen molar-refractivity contribution in [3.63, 3.8) is 0 Å². The molecule has 0 spiro atoms. The molecule has 0 aliphatic carbocycles. The zero-order chi connectivity index (χ0) is 17.6. The number of nitrogens with two attached hydrogens (primary N) is 1. The van der Waals surface area contributed by atoms with Crippen molar-refractivity contribution in [3.8, 4) is 0 Å². The van der Waals surface area contributed by atoms with Crippen molar-refractivity contribution < 1.29 is 4.79 Å². The molecule has 0 aromatic heterocycles. The van der Waals surface area contributed by atoms with Gasteiger partial charge in [-0.05, 0) is 48.9 Å². The summed E-state index contributed by atoms with van der Waals surface area (Å²) in [5.41, 5.74) is 10.1. The first kappa shape index (κ1) is 17.1. The van der Waals surface area contributed by atoms with Crippen molar-refractivity contribution in [2.45, 2.75) is 17.6 Å². The fraction of sp³-hybridized carbons (Fsp3) is 0.0952. The molecule has 3 aromatic rings. The van der Waals surface area contributed by atoms with Gasteiger partial charge in [-0.25, -0.2) is 0 Å². The van der Waals surface area contributed by atoms with Gasteiger partial charge in [0.05, 0.1) is 11.4 Å². The second-order valence-corrected chi connectivity index (χ2v) is 6.89. The van der Waals surface area contributed by atoms with E-state index in [-0.39, 0.29) is 5.91 Å². The highest BCUT2D eigenvalue weighted by atomic mass is 32.2. The Morgan fingerprint density at radius 3 is 2.32 bits per heavy atom. The number of hydrogen-bond donors (Lipinski definition) is 2. The lowest BCUT2D eigenvalue weighted by molar-refractivity contribution is 0.102. The monoisotopic (exact) mass is 348 g/mol. The average molecular weight is 348 g/mol. The number of anilines is 2. The summed E-state index contributed by atoms with van der Waals surface area (Å²) in [6.07, 6.45) is 0. The van der Waals surface area contributed by atoms with Gasteiger partial charge in [0.15, 0.2) is 0 Å². The molecular formula is C21H20N2OS. The molecule has 0 bridgehead atoms. The van der Waals surface area contributed by atoms with Crippen LogP contribution in [0.3, 0.4) is 0 Å². The van der Waals surface area contributed by atoms with Gasteiger partial charge in [0, 0.05) is 16.2 Å². The highest BCUT2D eigenvalue weighted by molar-refractivity contribution is 7.98. The molecule has 0 saturated heterocycles. The Balaban J connectivity index is 1.60. The van der Waals surface area contributed by atoms with Gasteiger partial charge in [0.25, 0.3) is 5.91 Å². The van der Waals surface area contributed by atoms with E-state index in [1.165, 1.54) is 16.0 Å². The van der Waals surface area contributed by atoms with Crippen LogP contribution in [0.4, 0.5) is 11.4 Å². The minimum absolute atomic E-state index is 0.157. The summed E-state index contributed by atoms with van der Waals surface area (Å²) >= 11 is 1.78. The SMILES string of the molecule is Cc1ccc(SCc2ccc(C(=O)Nc3ccccc3N)cc2)cc1. The van der Waals surface area contributed by atoms with Gasteiger partial charge in [-0.2, -0.15) is 0 Å². The molecule has 3 rings (SSSR count). The number of para-hydroxylation sites is 2. The molecule has 25 heavy (non-hydrogen) atoms. The minimum Gasteiger partial charge on any atom is -0.397 e. The molecule has 0 heterocycles. The summed E-state index contributed by atoms with van der Waals surface area (Å²) in [5.74, 6) is 0.715. The molecule has 4 heteroatoms. The first-order valence-electron chi connectivity index (χ1n) is 8.06. The summed E-state index contributed by atoms with van der Waals surface area (Å²) < 4.78 is 0. The Hall–Kier alpha value is -2.72. The second-order valence-electron chi connectivity index (χ2n) is 5.84. The fourth-order valence-electron chi connectivity index (χ4n) is 2.36. The largest absolute Gasteiger partial charge is 0.397 e. The summed E-state index contributed by atoms with van der Waals surface area (Å²) in [5, 5.41) is 2.84. The molecular weight excluding hydrogens is 328 g/mol.